The third-order valence-corrected chi connectivity index (χ3v) is 6.55. The van der Waals surface area contributed by atoms with Gasteiger partial charge in [0, 0.05) is 17.8 Å². The van der Waals surface area contributed by atoms with Crippen molar-refractivity contribution in [2.45, 2.75) is 37.2 Å². The molecule has 2 heterocycles. The van der Waals surface area contributed by atoms with Crippen LogP contribution in [0.5, 0.6) is 0 Å². The predicted octanol–water partition coefficient (Wildman–Crippen LogP) is 2.89. The number of benzene rings is 1. The van der Waals surface area contributed by atoms with Crippen molar-refractivity contribution < 1.29 is 13.2 Å². The lowest BCUT2D eigenvalue weighted by atomic mass is 10.2. The van der Waals surface area contributed by atoms with Crippen LogP contribution in [0.4, 0.5) is 0 Å². The van der Waals surface area contributed by atoms with Crippen molar-refractivity contribution in [2.75, 3.05) is 0 Å². The summed E-state index contributed by atoms with van der Waals surface area (Å²) in [6.07, 6.45) is 5.33. The molecule has 3 aromatic rings. The van der Waals surface area contributed by atoms with Crippen LogP contribution in [-0.4, -0.2) is 33.9 Å². The lowest BCUT2D eigenvalue weighted by Crippen LogP contribution is -2.33. The molecule has 0 N–H and O–H groups in total. The average Bonchev–Trinajstić information content (AvgIpc) is 3.40. The molecule has 1 fully saturated rings. The zero-order valence-electron chi connectivity index (χ0n) is 14.4. The van der Waals surface area contributed by atoms with Gasteiger partial charge >= 0.3 is 0 Å². The number of fused-ring (bicyclic) bond motifs is 1. The number of Topliss-reactive ketones (excluding diaryl/α,β-unsaturated/α-hetero) is 1. The normalized spacial score (nSPS) is 14.8. The molecule has 0 aliphatic heterocycles. The number of pyridine rings is 1. The molecule has 134 valence electrons. The second kappa shape index (κ2) is 6.34. The van der Waals surface area contributed by atoms with E-state index in [9.17, 15) is 13.2 Å². The molecule has 4 rings (SSSR count). The number of carbonyl (C=O) groups excluding carboxylic acids is 1. The molecular weight excluding hydrogens is 350 g/mol. The van der Waals surface area contributed by atoms with Crippen LogP contribution in [-0.2, 0) is 16.6 Å². The summed E-state index contributed by atoms with van der Waals surface area (Å²) in [7, 11) is -3.64. The van der Waals surface area contributed by atoms with Crippen molar-refractivity contribution >= 4 is 21.5 Å². The van der Waals surface area contributed by atoms with Crippen LogP contribution in [0.3, 0.4) is 0 Å². The standard InChI is InChI=1S/C19H19N3O3S/c1-14(23)15-5-9-18(10-6-15)26(24,25)22(16-7-8-16)13-17-12-20-19-4-2-3-11-21(17)19/h2-6,9-12,16H,7-8,13H2,1H3. The summed E-state index contributed by atoms with van der Waals surface area (Å²) in [5.74, 6) is -0.0845. The maximum Gasteiger partial charge on any atom is 0.243 e. The van der Waals surface area contributed by atoms with Gasteiger partial charge in [0.1, 0.15) is 5.65 Å². The molecule has 0 saturated heterocycles. The summed E-state index contributed by atoms with van der Waals surface area (Å²) >= 11 is 0. The lowest BCUT2D eigenvalue weighted by Gasteiger charge is -2.22. The third kappa shape index (κ3) is 3.04. The van der Waals surface area contributed by atoms with Gasteiger partial charge in [-0.2, -0.15) is 4.31 Å². The van der Waals surface area contributed by atoms with Crippen molar-refractivity contribution in [3.63, 3.8) is 0 Å². The van der Waals surface area contributed by atoms with Crippen LogP contribution < -0.4 is 0 Å². The number of hydrogen-bond acceptors (Lipinski definition) is 4. The van der Waals surface area contributed by atoms with Crippen LogP contribution in [0.1, 0.15) is 35.8 Å². The first-order valence-corrected chi connectivity index (χ1v) is 9.94. The van der Waals surface area contributed by atoms with Gasteiger partial charge < -0.3 is 4.40 Å². The Hall–Kier alpha value is -2.51. The van der Waals surface area contributed by atoms with Crippen LogP contribution >= 0.6 is 0 Å². The Kier molecular flexibility index (Phi) is 4.13. The lowest BCUT2D eigenvalue weighted by molar-refractivity contribution is 0.101. The zero-order valence-corrected chi connectivity index (χ0v) is 15.2. The number of rotatable bonds is 6. The largest absolute Gasteiger partial charge is 0.303 e. The molecule has 0 amide bonds. The Labute approximate surface area is 152 Å². The van der Waals surface area contributed by atoms with Gasteiger partial charge in [-0.15, -0.1) is 0 Å². The molecule has 0 unspecified atom stereocenters. The molecule has 0 radical (unpaired) electrons. The monoisotopic (exact) mass is 369 g/mol. The van der Waals surface area contributed by atoms with Gasteiger partial charge in [-0.1, -0.05) is 18.2 Å². The van der Waals surface area contributed by atoms with E-state index in [-0.39, 0.29) is 23.3 Å². The van der Waals surface area contributed by atoms with Crippen LogP contribution in [0.15, 0.2) is 59.8 Å². The predicted molar refractivity (Wildman–Crippen MR) is 97.4 cm³/mol. The fourth-order valence-corrected chi connectivity index (χ4v) is 4.69. The van der Waals surface area contributed by atoms with E-state index in [2.05, 4.69) is 4.98 Å². The van der Waals surface area contributed by atoms with Crippen molar-refractivity contribution in [2.24, 2.45) is 0 Å². The van der Waals surface area contributed by atoms with E-state index in [0.29, 0.717) is 5.56 Å². The first-order valence-electron chi connectivity index (χ1n) is 8.50. The van der Waals surface area contributed by atoms with E-state index in [1.807, 2.05) is 28.8 Å². The Morgan fingerprint density at radius 2 is 1.92 bits per heavy atom. The van der Waals surface area contributed by atoms with E-state index in [4.69, 9.17) is 0 Å². The Morgan fingerprint density at radius 1 is 1.19 bits per heavy atom. The van der Waals surface area contributed by atoms with Crippen molar-refractivity contribution in [1.29, 1.82) is 0 Å². The fraction of sp³-hybridized carbons (Fsp3) is 0.263. The maximum atomic E-state index is 13.2. The molecule has 1 saturated carbocycles. The first kappa shape index (κ1) is 16.9. The summed E-state index contributed by atoms with van der Waals surface area (Å²) in [5, 5.41) is 0. The topological polar surface area (TPSA) is 71.8 Å². The van der Waals surface area contributed by atoms with Crippen molar-refractivity contribution in [3.8, 4) is 0 Å². The highest BCUT2D eigenvalue weighted by Crippen LogP contribution is 2.33. The highest BCUT2D eigenvalue weighted by molar-refractivity contribution is 7.89. The zero-order chi connectivity index (χ0) is 18.3. The second-order valence-electron chi connectivity index (χ2n) is 6.54. The van der Waals surface area contributed by atoms with Gasteiger partial charge in [0.25, 0.3) is 0 Å². The Balaban J connectivity index is 1.68. The average molecular weight is 369 g/mol. The highest BCUT2D eigenvalue weighted by Gasteiger charge is 2.38. The molecule has 6 nitrogen and oxygen atoms in total. The molecule has 1 aromatic carbocycles. The van der Waals surface area contributed by atoms with Crippen molar-refractivity contribution in [1.82, 2.24) is 13.7 Å². The van der Waals surface area contributed by atoms with Crippen LogP contribution in [0.25, 0.3) is 5.65 Å². The Bertz CT molecular complexity index is 1070. The number of imidazole rings is 1. The molecule has 1 aliphatic carbocycles. The maximum absolute atomic E-state index is 13.2. The molecule has 2 aromatic heterocycles. The molecule has 26 heavy (non-hydrogen) atoms. The molecule has 7 heteroatoms. The number of carbonyl (C=O) groups is 1. The smallest absolute Gasteiger partial charge is 0.243 e. The minimum Gasteiger partial charge on any atom is -0.303 e. The van der Waals surface area contributed by atoms with Crippen molar-refractivity contribution in [3.05, 3.63) is 66.1 Å². The minimum absolute atomic E-state index is 0.0155. The molecular formula is C19H19N3O3S. The fourth-order valence-electron chi connectivity index (χ4n) is 3.03. The van der Waals surface area contributed by atoms with Crippen LogP contribution in [0, 0.1) is 0 Å². The van der Waals surface area contributed by atoms with E-state index >= 15 is 0 Å². The quantitative estimate of drug-likeness (QED) is 0.627. The summed E-state index contributed by atoms with van der Waals surface area (Å²) in [6.45, 7) is 1.73. The number of ketones is 1. The van der Waals surface area contributed by atoms with Gasteiger partial charge in [0.2, 0.25) is 10.0 Å². The summed E-state index contributed by atoms with van der Waals surface area (Å²) in [5.41, 5.74) is 2.13. The highest BCUT2D eigenvalue weighted by atomic mass is 32.2. The number of sulfonamides is 1. The van der Waals surface area contributed by atoms with Gasteiger partial charge in [-0.3, -0.25) is 4.79 Å². The minimum atomic E-state index is -3.64. The van der Waals surface area contributed by atoms with E-state index in [1.54, 1.807) is 22.6 Å². The number of aromatic nitrogens is 2. The number of hydrogen-bond donors (Lipinski definition) is 0. The summed E-state index contributed by atoms with van der Waals surface area (Å²) in [6, 6.07) is 11.9. The molecule has 1 aliphatic rings. The second-order valence-corrected chi connectivity index (χ2v) is 8.43. The SMILES string of the molecule is CC(=O)c1ccc(S(=O)(=O)N(Cc2cnc3ccccn23)C2CC2)cc1. The molecule has 0 spiro atoms. The molecule has 0 bridgehead atoms. The van der Waals surface area contributed by atoms with E-state index in [0.717, 1.165) is 24.2 Å². The van der Waals surface area contributed by atoms with Gasteiger partial charge in [0.15, 0.2) is 5.78 Å². The Morgan fingerprint density at radius 3 is 2.58 bits per heavy atom. The van der Waals surface area contributed by atoms with Gasteiger partial charge in [0.05, 0.1) is 23.3 Å². The van der Waals surface area contributed by atoms with Gasteiger partial charge in [-0.25, -0.2) is 13.4 Å². The van der Waals surface area contributed by atoms with E-state index < -0.39 is 10.0 Å². The molecule has 0 atom stereocenters. The number of nitrogens with zero attached hydrogens (tertiary/aromatic N) is 3. The third-order valence-electron chi connectivity index (χ3n) is 4.63. The first-order chi connectivity index (χ1) is 12.5. The summed E-state index contributed by atoms with van der Waals surface area (Å²) < 4.78 is 29.8. The van der Waals surface area contributed by atoms with E-state index in [1.165, 1.54) is 19.1 Å². The van der Waals surface area contributed by atoms with Gasteiger partial charge in [-0.05, 0) is 44.0 Å². The van der Waals surface area contributed by atoms with Crippen LogP contribution in [0.2, 0.25) is 0 Å². The summed E-state index contributed by atoms with van der Waals surface area (Å²) in [4.78, 5) is 16.0.